The predicted octanol–water partition coefficient (Wildman–Crippen LogP) is 0.434. The van der Waals surface area contributed by atoms with Crippen LogP contribution in [0.25, 0.3) is 0 Å². The van der Waals surface area contributed by atoms with Crippen molar-refractivity contribution < 1.29 is 5.11 Å². The molecular formula is C11H22N4O2S. The molecule has 1 heterocycles. The molecule has 1 atom stereocenters. The summed E-state index contributed by atoms with van der Waals surface area (Å²) in [6, 6.07) is 0. The molecule has 104 valence electrons. The first-order chi connectivity index (χ1) is 8.69. The van der Waals surface area contributed by atoms with Crippen LogP contribution in [0.1, 0.15) is 26.7 Å². The molecule has 0 aromatic carbocycles. The van der Waals surface area contributed by atoms with Gasteiger partial charge in [0, 0.05) is 18.8 Å². The van der Waals surface area contributed by atoms with Crippen molar-refractivity contribution in [2.24, 2.45) is 0 Å². The Kier molecular flexibility index (Phi) is 7.07. The SMILES string of the molecule is CCCNCC(O)CSc1n[nH]c(=O)n1CCC. The minimum Gasteiger partial charge on any atom is -0.391 e. The van der Waals surface area contributed by atoms with E-state index in [1.54, 1.807) is 4.57 Å². The standard InChI is InChI=1S/C11H22N4O2S/c1-3-5-12-7-9(16)8-18-11-14-13-10(17)15(11)6-4-2/h9,12,16H,3-8H2,1-2H3,(H,13,17). The fourth-order valence-electron chi connectivity index (χ4n) is 1.51. The number of aromatic nitrogens is 3. The van der Waals surface area contributed by atoms with Crippen molar-refractivity contribution in [1.29, 1.82) is 0 Å². The number of nitrogens with zero attached hydrogens (tertiary/aromatic N) is 2. The van der Waals surface area contributed by atoms with E-state index in [9.17, 15) is 9.90 Å². The van der Waals surface area contributed by atoms with Gasteiger partial charge in [0.25, 0.3) is 0 Å². The first-order valence-electron chi connectivity index (χ1n) is 6.35. The molecule has 0 spiro atoms. The van der Waals surface area contributed by atoms with Gasteiger partial charge in [-0.2, -0.15) is 0 Å². The smallest absolute Gasteiger partial charge is 0.343 e. The summed E-state index contributed by atoms with van der Waals surface area (Å²) >= 11 is 1.40. The number of H-pyrrole nitrogens is 1. The summed E-state index contributed by atoms with van der Waals surface area (Å²) in [6.45, 7) is 6.23. The molecule has 0 aliphatic heterocycles. The van der Waals surface area contributed by atoms with E-state index in [2.05, 4.69) is 22.4 Å². The van der Waals surface area contributed by atoms with Crippen LogP contribution in [0.3, 0.4) is 0 Å². The highest BCUT2D eigenvalue weighted by Gasteiger charge is 2.11. The molecule has 6 nitrogen and oxygen atoms in total. The second-order valence-corrected chi connectivity index (χ2v) is 5.12. The molecule has 0 saturated heterocycles. The molecule has 7 heteroatoms. The lowest BCUT2D eigenvalue weighted by molar-refractivity contribution is 0.196. The molecule has 1 aromatic rings. The van der Waals surface area contributed by atoms with Gasteiger partial charge in [-0.15, -0.1) is 5.10 Å². The normalized spacial score (nSPS) is 12.8. The molecule has 18 heavy (non-hydrogen) atoms. The van der Waals surface area contributed by atoms with Gasteiger partial charge in [0.05, 0.1) is 6.10 Å². The zero-order chi connectivity index (χ0) is 13.4. The summed E-state index contributed by atoms with van der Waals surface area (Å²) in [7, 11) is 0. The van der Waals surface area contributed by atoms with E-state index in [4.69, 9.17) is 0 Å². The van der Waals surface area contributed by atoms with Gasteiger partial charge in [-0.3, -0.25) is 4.57 Å². The summed E-state index contributed by atoms with van der Waals surface area (Å²) in [5.74, 6) is 0.532. The lowest BCUT2D eigenvalue weighted by Gasteiger charge is -2.10. The minimum absolute atomic E-state index is 0.182. The molecule has 0 bridgehead atoms. The van der Waals surface area contributed by atoms with Crippen LogP contribution in [0, 0.1) is 0 Å². The third-order valence-electron chi connectivity index (χ3n) is 2.38. The Balaban J connectivity index is 2.40. The molecule has 1 rings (SSSR count). The van der Waals surface area contributed by atoms with E-state index in [1.807, 2.05) is 6.92 Å². The number of aliphatic hydroxyl groups excluding tert-OH is 1. The molecule has 0 aliphatic carbocycles. The van der Waals surface area contributed by atoms with Gasteiger partial charge in [0.1, 0.15) is 0 Å². The van der Waals surface area contributed by atoms with Crippen molar-refractivity contribution >= 4 is 11.8 Å². The highest BCUT2D eigenvalue weighted by atomic mass is 32.2. The molecule has 0 amide bonds. The Hall–Kier alpha value is -0.790. The molecule has 1 unspecified atom stereocenters. The Bertz CT molecular complexity index is 391. The Morgan fingerprint density at radius 1 is 1.50 bits per heavy atom. The number of aromatic amines is 1. The van der Waals surface area contributed by atoms with Gasteiger partial charge in [0.15, 0.2) is 5.16 Å². The number of hydrogen-bond donors (Lipinski definition) is 3. The maximum Gasteiger partial charge on any atom is 0.343 e. The second-order valence-electron chi connectivity index (χ2n) is 4.13. The number of rotatable bonds is 9. The van der Waals surface area contributed by atoms with E-state index in [1.165, 1.54) is 11.8 Å². The lowest BCUT2D eigenvalue weighted by atomic mass is 10.4. The van der Waals surface area contributed by atoms with E-state index < -0.39 is 6.10 Å². The topological polar surface area (TPSA) is 82.9 Å². The van der Waals surface area contributed by atoms with Crippen LogP contribution < -0.4 is 11.0 Å². The number of thioether (sulfide) groups is 1. The summed E-state index contributed by atoms with van der Waals surface area (Å²) in [5.41, 5.74) is -0.182. The lowest BCUT2D eigenvalue weighted by Crippen LogP contribution is -2.29. The fourth-order valence-corrected chi connectivity index (χ4v) is 2.41. The third kappa shape index (κ3) is 4.83. The van der Waals surface area contributed by atoms with Crippen LogP contribution in [0.4, 0.5) is 0 Å². The van der Waals surface area contributed by atoms with Crippen LogP contribution in [0.2, 0.25) is 0 Å². The first-order valence-corrected chi connectivity index (χ1v) is 7.34. The van der Waals surface area contributed by atoms with Crippen molar-refractivity contribution in [2.45, 2.75) is 44.5 Å². The molecular weight excluding hydrogens is 252 g/mol. The van der Waals surface area contributed by atoms with Gasteiger partial charge in [-0.25, -0.2) is 9.89 Å². The van der Waals surface area contributed by atoms with E-state index in [-0.39, 0.29) is 5.69 Å². The maximum atomic E-state index is 11.4. The van der Waals surface area contributed by atoms with E-state index in [0.717, 1.165) is 19.4 Å². The maximum absolute atomic E-state index is 11.4. The molecule has 0 radical (unpaired) electrons. The first kappa shape index (κ1) is 15.3. The van der Waals surface area contributed by atoms with E-state index >= 15 is 0 Å². The summed E-state index contributed by atoms with van der Waals surface area (Å²) < 4.78 is 1.61. The number of nitrogens with one attached hydrogen (secondary N) is 2. The van der Waals surface area contributed by atoms with Crippen molar-refractivity contribution in [3.8, 4) is 0 Å². The highest BCUT2D eigenvalue weighted by molar-refractivity contribution is 7.99. The summed E-state index contributed by atoms with van der Waals surface area (Å²) in [6.07, 6.45) is 1.51. The summed E-state index contributed by atoms with van der Waals surface area (Å²) in [5, 5.41) is 20.0. The molecule has 1 aromatic heterocycles. The number of hydrogen-bond acceptors (Lipinski definition) is 5. The van der Waals surface area contributed by atoms with Gasteiger partial charge < -0.3 is 10.4 Å². The van der Waals surface area contributed by atoms with Crippen LogP contribution in [0.5, 0.6) is 0 Å². The average molecular weight is 274 g/mol. The minimum atomic E-state index is -0.427. The van der Waals surface area contributed by atoms with Crippen LogP contribution in [-0.4, -0.2) is 44.8 Å². The zero-order valence-electron chi connectivity index (χ0n) is 11.0. The predicted molar refractivity (Wildman–Crippen MR) is 73.0 cm³/mol. The number of aliphatic hydroxyl groups is 1. The van der Waals surface area contributed by atoms with Gasteiger partial charge >= 0.3 is 5.69 Å². The average Bonchev–Trinajstić information content (AvgIpc) is 2.69. The Morgan fingerprint density at radius 3 is 2.94 bits per heavy atom. The van der Waals surface area contributed by atoms with Gasteiger partial charge in [0.2, 0.25) is 0 Å². The van der Waals surface area contributed by atoms with Crippen molar-refractivity contribution in [3.05, 3.63) is 10.5 Å². The molecule has 0 fully saturated rings. The largest absolute Gasteiger partial charge is 0.391 e. The molecule has 3 N–H and O–H groups in total. The van der Waals surface area contributed by atoms with Crippen LogP contribution in [0.15, 0.2) is 9.95 Å². The van der Waals surface area contributed by atoms with Gasteiger partial charge in [-0.05, 0) is 19.4 Å². The Morgan fingerprint density at radius 2 is 2.28 bits per heavy atom. The second kappa shape index (κ2) is 8.34. The quantitative estimate of drug-likeness (QED) is 0.449. The van der Waals surface area contributed by atoms with Gasteiger partial charge in [-0.1, -0.05) is 25.6 Å². The monoisotopic (exact) mass is 274 g/mol. The summed E-state index contributed by atoms with van der Waals surface area (Å²) in [4.78, 5) is 11.4. The molecule has 0 saturated carbocycles. The van der Waals surface area contributed by atoms with Crippen molar-refractivity contribution in [2.75, 3.05) is 18.8 Å². The third-order valence-corrected chi connectivity index (χ3v) is 3.50. The fraction of sp³-hybridized carbons (Fsp3) is 0.818. The Labute approximate surface area is 111 Å². The van der Waals surface area contributed by atoms with Crippen LogP contribution in [-0.2, 0) is 6.54 Å². The zero-order valence-corrected chi connectivity index (χ0v) is 11.8. The van der Waals surface area contributed by atoms with Crippen molar-refractivity contribution in [1.82, 2.24) is 20.1 Å². The van der Waals surface area contributed by atoms with Crippen molar-refractivity contribution in [3.63, 3.8) is 0 Å². The van der Waals surface area contributed by atoms with E-state index in [0.29, 0.717) is 24.0 Å². The highest BCUT2D eigenvalue weighted by Crippen LogP contribution is 2.14. The molecule has 0 aliphatic rings. The van der Waals surface area contributed by atoms with Crippen LogP contribution >= 0.6 is 11.8 Å².